The Labute approximate surface area is 122 Å². The van der Waals surface area contributed by atoms with Crippen LogP contribution in [0.15, 0.2) is 22.7 Å². The number of hydrogen-bond donors (Lipinski definition) is 1. The average Bonchev–Trinajstić information content (AvgIpc) is 2.26. The molecule has 0 radical (unpaired) electrons. The van der Waals surface area contributed by atoms with Gasteiger partial charge in [0.25, 0.3) is 0 Å². The van der Waals surface area contributed by atoms with E-state index in [4.69, 9.17) is 15.2 Å². The molecule has 0 aromatic heterocycles. The molecular formula is C14H20BrNO3. The molecule has 0 fully saturated rings. The molecule has 0 aliphatic carbocycles. The molecule has 1 unspecified atom stereocenters. The lowest BCUT2D eigenvalue weighted by Crippen LogP contribution is -2.21. The second-order valence-electron chi connectivity index (χ2n) is 4.74. The van der Waals surface area contributed by atoms with Crippen LogP contribution in [0.25, 0.3) is 0 Å². The van der Waals surface area contributed by atoms with Crippen LogP contribution in [0, 0.1) is 0 Å². The van der Waals surface area contributed by atoms with Gasteiger partial charge in [-0.2, -0.15) is 0 Å². The van der Waals surface area contributed by atoms with E-state index in [-0.39, 0.29) is 24.7 Å². The summed E-state index contributed by atoms with van der Waals surface area (Å²) < 4.78 is 11.4. The molecule has 0 amide bonds. The maximum atomic E-state index is 11.5. The van der Waals surface area contributed by atoms with E-state index in [9.17, 15) is 4.79 Å². The fourth-order valence-corrected chi connectivity index (χ4v) is 2.17. The highest BCUT2D eigenvalue weighted by atomic mass is 79.9. The second kappa shape index (κ2) is 7.50. The van der Waals surface area contributed by atoms with Gasteiger partial charge in [0.2, 0.25) is 0 Å². The molecule has 0 aliphatic heterocycles. The summed E-state index contributed by atoms with van der Waals surface area (Å²) in [5.41, 5.74) is 6.78. The monoisotopic (exact) mass is 329 g/mol. The minimum absolute atomic E-state index is 0.0271. The van der Waals surface area contributed by atoms with Crippen LogP contribution in [0.1, 0.15) is 26.3 Å². The summed E-state index contributed by atoms with van der Waals surface area (Å²) in [5, 5.41) is 0. The molecule has 1 aromatic carbocycles. The van der Waals surface area contributed by atoms with Crippen molar-refractivity contribution >= 4 is 21.9 Å². The highest BCUT2D eigenvalue weighted by Gasteiger charge is 2.13. The van der Waals surface area contributed by atoms with Gasteiger partial charge in [0, 0.05) is 6.04 Å². The largest absolute Gasteiger partial charge is 0.480 e. The molecule has 2 N–H and O–H groups in total. The molecule has 1 rings (SSSR count). The fraction of sp³-hybridized carbons (Fsp3) is 0.500. The van der Waals surface area contributed by atoms with E-state index in [0.29, 0.717) is 12.2 Å². The van der Waals surface area contributed by atoms with E-state index in [0.717, 1.165) is 10.0 Å². The molecule has 0 heterocycles. The van der Waals surface area contributed by atoms with Crippen LogP contribution in [0.2, 0.25) is 0 Å². The van der Waals surface area contributed by atoms with E-state index >= 15 is 0 Å². The summed E-state index contributed by atoms with van der Waals surface area (Å²) in [6, 6.07) is 5.76. The maximum absolute atomic E-state index is 11.5. The Balaban J connectivity index is 2.73. The van der Waals surface area contributed by atoms with Crippen molar-refractivity contribution in [2.24, 2.45) is 5.73 Å². The second-order valence-corrected chi connectivity index (χ2v) is 5.59. The van der Waals surface area contributed by atoms with Crippen molar-refractivity contribution in [2.45, 2.75) is 39.3 Å². The minimum Gasteiger partial charge on any atom is -0.480 e. The highest BCUT2D eigenvalue weighted by Crippen LogP contribution is 2.29. The zero-order valence-electron chi connectivity index (χ0n) is 11.5. The maximum Gasteiger partial charge on any atom is 0.344 e. The number of hydrogen-bond acceptors (Lipinski definition) is 4. The zero-order valence-corrected chi connectivity index (χ0v) is 13.1. The molecule has 1 aromatic rings. The third kappa shape index (κ3) is 5.61. The van der Waals surface area contributed by atoms with Crippen LogP contribution in [0.5, 0.6) is 5.75 Å². The first-order chi connectivity index (χ1) is 8.90. The van der Waals surface area contributed by atoms with Gasteiger partial charge in [-0.1, -0.05) is 12.1 Å². The number of halogens is 1. The van der Waals surface area contributed by atoms with Crippen molar-refractivity contribution in [1.82, 2.24) is 0 Å². The Bertz CT molecular complexity index is 433. The zero-order chi connectivity index (χ0) is 14.4. The molecule has 106 valence electrons. The Morgan fingerprint density at radius 2 is 2.05 bits per heavy atom. The first-order valence-electron chi connectivity index (χ1n) is 6.25. The lowest BCUT2D eigenvalue weighted by atomic mass is 10.1. The van der Waals surface area contributed by atoms with Crippen molar-refractivity contribution in [3.05, 3.63) is 28.2 Å². The van der Waals surface area contributed by atoms with Gasteiger partial charge in [0.1, 0.15) is 5.75 Å². The van der Waals surface area contributed by atoms with Gasteiger partial charge in [0.05, 0.1) is 10.6 Å². The van der Waals surface area contributed by atoms with Crippen LogP contribution in [0.4, 0.5) is 0 Å². The topological polar surface area (TPSA) is 61.5 Å². The number of rotatable bonds is 6. The SMILES string of the molecule is CC(N)Cc1cccc(Br)c1OCC(=O)OC(C)C. The van der Waals surface area contributed by atoms with Gasteiger partial charge in [-0.3, -0.25) is 0 Å². The third-order valence-electron chi connectivity index (χ3n) is 2.29. The molecular weight excluding hydrogens is 310 g/mol. The summed E-state index contributed by atoms with van der Waals surface area (Å²) >= 11 is 3.42. The van der Waals surface area contributed by atoms with Crippen LogP contribution in [-0.4, -0.2) is 24.7 Å². The summed E-state index contributed by atoms with van der Waals surface area (Å²) in [7, 11) is 0. The van der Waals surface area contributed by atoms with Gasteiger partial charge < -0.3 is 15.2 Å². The molecule has 0 spiro atoms. The first-order valence-corrected chi connectivity index (χ1v) is 7.04. The normalized spacial score (nSPS) is 12.3. The summed E-state index contributed by atoms with van der Waals surface area (Å²) in [5.74, 6) is 0.276. The predicted octanol–water partition coefficient (Wildman–Crippen LogP) is 2.67. The molecule has 0 saturated carbocycles. The minimum atomic E-state index is -0.377. The van der Waals surface area contributed by atoms with Crippen LogP contribution < -0.4 is 10.5 Å². The number of ether oxygens (including phenoxy) is 2. The molecule has 19 heavy (non-hydrogen) atoms. The lowest BCUT2D eigenvalue weighted by Gasteiger charge is -2.15. The number of esters is 1. The summed E-state index contributed by atoms with van der Waals surface area (Å²) in [4.78, 5) is 11.5. The molecule has 5 heteroatoms. The first kappa shape index (κ1) is 16.0. The van der Waals surface area contributed by atoms with Crippen LogP contribution in [0.3, 0.4) is 0 Å². The average molecular weight is 330 g/mol. The standard InChI is InChI=1S/C14H20BrNO3/c1-9(2)19-13(17)8-18-14-11(7-10(3)16)5-4-6-12(14)15/h4-6,9-10H,7-8,16H2,1-3H3. The summed E-state index contributed by atoms with van der Waals surface area (Å²) in [6.45, 7) is 5.43. The summed E-state index contributed by atoms with van der Waals surface area (Å²) in [6.07, 6.45) is 0.549. The number of carbonyl (C=O) groups is 1. The smallest absolute Gasteiger partial charge is 0.344 e. The van der Waals surface area contributed by atoms with Gasteiger partial charge in [0.15, 0.2) is 6.61 Å². The van der Waals surface area contributed by atoms with Crippen molar-refractivity contribution in [3.8, 4) is 5.75 Å². The Hall–Kier alpha value is -1.07. The van der Waals surface area contributed by atoms with Crippen molar-refractivity contribution in [3.63, 3.8) is 0 Å². The van der Waals surface area contributed by atoms with Gasteiger partial charge >= 0.3 is 5.97 Å². The molecule has 0 aliphatic rings. The van der Waals surface area contributed by atoms with Crippen molar-refractivity contribution in [1.29, 1.82) is 0 Å². The Kier molecular flexibility index (Phi) is 6.31. The molecule has 0 saturated heterocycles. The number of carbonyl (C=O) groups excluding carboxylic acids is 1. The molecule has 1 atom stereocenters. The van der Waals surface area contributed by atoms with Gasteiger partial charge in [-0.05, 0) is 54.8 Å². The van der Waals surface area contributed by atoms with E-state index in [1.165, 1.54) is 0 Å². The van der Waals surface area contributed by atoms with E-state index in [1.54, 1.807) is 13.8 Å². The number of nitrogens with two attached hydrogens (primary N) is 1. The van der Waals surface area contributed by atoms with Crippen molar-refractivity contribution < 1.29 is 14.3 Å². The van der Waals surface area contributed by atoms with E-state index < -0.39 is 0 Å². The van der Waals surface area contributed by atoms with E-state index in [1.807, 2.05) is 25.1 Å². The molecule has 0 bridgehead atoms. The Morgan fingerprint density at radius 3 is 2.63 bits per heavy atom. The third-order valence-corrected chi connectivity index (χ3v) is 2.92. The quantitative estimate of drug-likeness (QED) is 0.815. The van der Waals surface area contributed by atoms with Crippen LogP contribution in [-0.2, 0) is 16.0 Å². The predicted molar refractivity (Wildman–Crippen MR) is 78.2 cm³/mol. The van der Waals surface area contributed by atoms with Gasteiger partial charge in [-0.15, -0.1) is 0 Å². The number of benzene rings is 1. The van der Waals surface area contributed by atoms with E-state index in [2.05, 4.69) is 15.9 Å². The fourth-order valence-electron chi connectivity index (χ4n) is 1.65. The molecule has 4 nitrogen and oxygen atoms in total. The highest BCUT2D eigenvalue weighted by molar-refractivity contribution is 9.10. The Morgan fingerprint density at radius 1 is 1.37 bits per heavy atom. The number of para-hydroxylation sites is 1. The van der Waals surface area contributed by atoms with Gasteiger partial charge in [-0.25, -0.2) is 4.79 Å². The lowest BCUT2D eigenvalue weighted by molar-refractivity contribution is -0.149. The van der Waals surface area contributed by atoms with Crippen molar-refractivity contribution in [2.75, 3.05) is 6.61 Å². The van der Waals surface area contributed by atoms with Crippen LogP contribution >= 0.6 is 15.9 Å².